The number of aliphatic carboxylic acids is 1. The maximum absolute atomic E-state index is 11.4. The number of carboxylic acids is 1. The number of carboxylic acid groups (broad SMARTS) is 1. The molecule has 3 N–H and O–H groups in total. The normalized spacial score (nSPS) is 11.8. The van der Waals surface area contributed by atoms with Gasteiger partial charge < -0.3 is 24.9 Å². The average Bonchev–Trinajstić information content (AvgIpc) is 2.61. The molecule has 0 aliphatic carbocycles. The molecule has 0 fully saturated rings. The molecule has 0 aliphatic heterocycles. The van der Waals surface area contributed by atoms with E-state index in [1.54, 1.807) is 13.8 Å². The largest absolute Gasteiger partial charge is 0.494 e. The summed E-state index contributed by atoms with van der Waals surface area (Å²) >= 11 is 0. The predicted molar refractivity (Wildman–Crippen MR) is 109 cm³/mol. The van der Waals surface area contributed by atoms with Crippen LogP contribution in [0.2, 0.25) is 0 Å². The molecule has 0 atom stereocenters. The lowest BCUT2D eigenvalue weighted by atomic mass is 9.82. The number of unbranched alkanes of at least 4 members (excludes halogenated alkanes) is 1. The Morgan fingerprint density at radius 2 is 1.71 bits per heavy atom. The molecule has 28 heavy (non-hydrogen) atoms. The predicted octanol–water partition coefficient (Wildman–Crippen LogP) is 1.37. The molecule has 7 nitrogen and oxygen atoms in total. The van der Waals surface area contributed by atoms with E-state index in [0.717, 1.165) is 24.1 Å². The first-order chi connectivity index (χ1) is 13.0. The van der Waals surface area contributed by atoms with Crippen LogP contribution in [0, 0.1) is 0 Å². The van der Waals surface area contributed by atoms with E-state index >= 15 is 0 Å². The summed E-state index contributed by atoms with van der Waals surface area (Å²) in [6.45, 7) is 8.22. The van der Waals surface area contributed by atoms with Gasteiger partial charge in [0.25, 0.3) is 0 Å². The van der Waals surface area contributed by atoms with Crippen LogP contribution in [0.5, 0.6) is 5.75 Å². The molecule has 0 heterocycles. The van der Waals surface area contributed by atoms with Crippen molar-refractivity contribution < 1.29 is 29.2 Å². The van der Waals surface area contributed by atoms with Crippen molar-refractivity contribution in [2.45, 2.75) is 64.6 Å². The van der Waals surface area contributed by atoms with Gasteiger partial charge >= 0.3 is 13.5 Å². The zero-order chi connectivity index (χ0) is 21.2. The standard InChI is InChI=1S/C20H32BNO6/c1-19(2,26)20(3,4)28-21-15-7-9-16(10-8-15)27-14-6-5-13-22-17(23)11-12-18(24)25/h7-10,21,26H,5-6,11-14H2,1-4H3,(H,22,23)(H,24,25). The fraction of sp³-hybridized carbons (Fsp3) is 0.600. The Labute approximate surface area is 167 Å². The molecule has 8 heteroatoms. The van der Waals surface area contributed by atoms with Crippen LogP contribution in [-0.4, -0.2) is 53.9 Å². The van der Waals surface area contributed by atoms with E-state index in [9.17, 15) is 14.7 Å². The third-order valence-electron chi connectivity index (χ3n) is 4.72. The van der Waals surface area contributed by atoms with Gasteiger partial charge in [-0.3, -0.25) is 9.59 Å². The smallest absolute Gasteiger partial charge is 0.309 e. The molecule has 1 rings (SSSR count). The lowest BCUT2D eigenvalue weighted by Gasteiger charge is -2.37. The number of ether oxygens (including phenoxy) is 1. The molecule has 0 saturated carbocycles. The Bertz CT molecular complexity index is 625. The highest BCUT2D eigenvalue weighted by atomic mass is 16.5. The monoisotopic (exact) mass is 393 g/mol. The van der Waals surface area contributed by atoms with Crippen LogP contribution in [0.15, 0.2) is 24.3 Å². The highest BCUT2D eigenvalue weighted by molar-refractivity contribution is 6.47. The third kappa shape index (κ3) is 9.24. The Kier molecular flexibility index (Phi) is 9.48. The number of carbonyl (C=O) groups excluding carboxylic acids is 1. The van der Waals surface area contributed by atoms with Crippen molar-refractivity contribution in [2.75, 3.05) is 13.2 Å². The molecule has 1 aromatic carbocycles. The maximum Gasteiger partial charge on any atom is 0.309 e. The number of hydrogen-bond donors (Lipinski definition) is 3. The number of aliphatic hydroxyl groups is 1. The average molecular weight is 393 g/mol. The Hall–Kier alpha value is -2.06. The molecule has 0 radical (unpaired) electrons. The molecular formula is C20H32BNO6. The molecule has 0 spiro atoms. The van der Waals surface area contributed by atoms with Crippen LogP contribution < -0.4 is 15.5 Å². The second kappa shape index (κ2) is 11.1. The number of amides is 1. The van der Waals surface area contributed by atoms with Gasteiger partial charge in [-0.1, -0.05) is 17.6 Å². The van der Waals surface area contributed by atoms with Crippen LogP contribution in [0.25, 0.3) is 0 Å². The van der Waals surface area contributed by atoms with Gasteiger partial charge in [0.05, 0.1) is 24.2 Å². The lowest BCUT2D eigenvalue weighted by Crippen LogP contribution is -2.49. The summed E-state index contributed by atoms with van der Waals surface area (Å²) in [7, 11) is 0.402. The number of carbonyl (C=O) groups is 2. The maximum atomic E-state index is 11.4. The van der Waals surface area contributed by atoms with Crippen LogP contribution in [0.1, 0.15) is 53.4 Å². The minimum absolute atomic E-state index is 0.00881. The summed E-state index contributed by atoms with van der Waals surface area (Å²) in [6.07, 6.45) is 1.40. The summed E-state index contributed by atoms with van der Waals surface area (Å²) in [5, 5.41) is 21.3. The quantitative estimate of drug-likeness (QED) is 0.345. The lowest BCUT2D eigenvalue weighted by molar-refractivity contribution is -0.138. The van der Waals surface area contributed by atoms with Gasteiger partial charge in [-0.2, -0.15) is 0 Å². The highest BCUT2D eigenvalue weighted by Crippen LogP contribution is 2.24. The summed E-state index contributed by atoms with van der Waals surface area (Å²) in [5.74, 6) is -0.452. The van der Waals surface area contributed by atoms with Crippen molar-refractivity contribution in [3.05, 3.63) is 24.3 Å². The molecule has 0 unspecified atom stereocenters. The van der Waals surface area contributed by atoms with Gasteiger partial charge in [-0.15, -0.1) is 0 Å². The first-order valence-corrected chi connectivity index (χ1v) is 9.58. The summed E-state index contributed by atoms with van der Waals surface area (Å²) in [4.78, 5) is 21.8. The SMILES string of the molecule is CC(C)(O)C(C)(C)OBc1ccc(OCCCCNC(=O)CCC(=O)O)cc1. The molecular weight excluding hydrogens is 361 g/mol. The first kappa shape index (κ1) is 24.0. The molecule has 1 aromatic rings. The Balaban J connectivity index is 2.22. The van der Waals surface area contributed by atoms with Gasteiger partial charge in [0.15, 0.2) is 0 Å². The summed E-state index contributed by atoms with van der Waals surface area (Å²) in [6, 6.07) is 7.61. The molecule has 156 valence electrons. The van der Waals surface area contributed by atoms with E-state index in [2.05, 4.69) is 5.32 Å². The van der Waals surface area contributed by atoms with E-state index in [0.29, 0.717) is 20.6 Å². The molecule has 0 aromatic heterocycles. The zero-order valence-corrected chi connectivity index (χ0v) is 17.3. The first-order valence-electron chi connectivity index (χ1n) is 9.58. The van der Waals surface area contributed by atoms with Crippen LogP contribution in [-0.2, 0) is 14.2 Å². The van der Waals surface area contributed by atoms with Gasteiger partial charge in [-0.05, 0) is 52.7 Å². The van der Waals surface area contributed by atoms with Crippen molar-refractivity contribution in [1.29, 1.82) is 0 Å². The van der Waals surface area contributed by atoms with Gasteiger partial charge in [0.1, 0.15) is 5.75 Å². The minimum Gasteiger partial charge on any atom is -0.494 e. The second-order valence-corrected chi connectivity index (χ2v) is 7.80. The van der Waals surface area contributed by atoms with E-state index in [1.807, 2.05) is 38.1 Å². The molecule has 0 bridgehead atoms. The zero-order valence-electron chi connectivity index (χ0n) is 17.3. The van der Waals surface area contributed by atoms with Crippen LogP contribution >= 0.6 is 0 Å². The van der Waals surface area contributed by atoms with E-state index in [4.69, 9.17) is 14.5 Å². The van der Waals surface area contributed by atoms with Crippen LogP contribution in [0.4, 0.5) is 0 Å². The number of benzene rings is 1. The fourth-order valence-electron chi connectivity index (χ4n) is 2.08. The highest BCUT2D eigenvalue weighted by Gasteiger charge is 2.35. The number of nitrogens with one attached hydrogen (secondary N) is 1. The number of hydrogen-bond acceptors (Lipinski definition) is 5. The van der Waals surface area contributed by atoms with Gasteiger partial charge in [0.2, 0.25) is 5.91 Å². The van der Waals surface area contributed by atoms with Gasteiger partial charge in [-0.25, -0.2) is 0 Å². The minimum atomic E-state index is -0.970. The Morgan fingerprint density at radius 3 is 2.29 bits per heavy atom. The Morgan fingerprint density at radius 1 is 1.07 bits per heavy atom. The third-order valence-corrected chi connectivity index (χ3v) is 4.72. The van der Waals surface area contributed by atoms with Crippen molar-refractivity contribution in [2.24, 2.45) is 0 Å². The van der Waals surface area contributed by atoms with E-state index < -0.39 is 17.2 Å². The second-order valence-electron chi connectivity index (χ2n) is 7.80. The van der Waals surface area contributed by atoms with Crippen molar-refractivity contribution in [1.82, 2.24) is 5.32 Å². The molecule has 0 saturated heterocycles. The summed E-state index contributed by atoms with van der Waals surface area (Å²) < 4.78 is 11.5. The summed E-state index contributed by atoms with van der Waals surface area (Å²) in [5.41, 5.74) is -0.606. The van der Waals surface area contributed by atoms with E-state index in [-0.39, 0.29) is 18.7 Å². The van der Waals surface area contributed by atoms with Gasteiger partial charge in [0, 0.05) is 13.0 Å². The topological polar surface area (TPSA) is 105 Å². The fourth-order valence-corrected chi connectivity index (χ4v) is 2.08. The van der Waals surface area contributed by atoms with E-state index in [1.165, 1.54) is 0 Å². The molecule has 0 aliphatic rings. The number of rotatable bonds is 13. The molecule has 1 amide bonds. The van der Waals surface area contributed by atoms with Crippen molar-refractivity contribution in [3.63, 3.8) is 0 Å². The van der Waals surface area contributed by atoms with Crippen LogP contribution in [0.3, 0.4) is 0 Å². The van der Waals surface area contributed by atoms with Crippen molar-refractivity contribution in [3.8, 4) is 5.75 Å². The van der Waals surface area contributed by atoms with Crippen molar-refractivity contribution >= 4 is 24.8 Å².